The fraction of sp³-hybridized carbons (Fsp3) is 0.700. The van der Waals surface area contributed by atoms with Crippen LogP contribution in [0.25, 0.3) is 0 Å². The van der Waals surface area contributed by atoms with Gasteiger partial charge in [-0.25, -0.2) is 8.78 Å². The van der Waals surface area contributed by atoms with Gasteiger partial charge < -0.3 is 14.2 Å². The predicted octanol–water partition coefficient (Wildman–Crippen LogP) is 5.40. The van der Waals surface area contributed by atoms with Gasteiger partial charge in [0, 0.05) is 11.5 Å². The highest BCUT2D eigenvalue weighted by molar-refractivity contribution is 5.30. The van der Waals surface area contributed by atoms with Crippen molar-refractivity contribution in [2.75, 3.05) is 20.1 Å². The van der Waals surface area contributed by atoms with Crippen molar-refractivity contribution in [3.05, 3.63) is 29.6 Å². The molecule has 2 fully saturated rings. The molecular formula is C20H28F2O3. The monoisotopic (exact) mass is 354 g/mol. The van der Waals surface area contributed by atoms with Gasteiger partial charge in [0.1, 0.15) is 0 Å². The van der Waals surface area contributed by atoms with Gasteiger partial charge in [0.2, 0.25) is 6.86 Å². The van der Waals surface area contributed by atoms with Crippen molar-refractivity contribution in [2.45, 2.75) is 51.7 Å². The average Bonchev–Trinajstić information content (AvgIpc) is 2.65. The van der Waals surface area contributed by atoms with Crippen LogP contribution in [0.15, 0.2) is 18.2 Å². The molecule has 1 aromatic carbocycles. The number of ether oxygens (including phenoxy) is 3. The molecule has 1 saturated carbocycles. The summed E-state index contributed by atoms with van der Waals surface area (Å²) < 4.78 is 42.3. The molecule has 1 heterocycles. The second-order valence-electron chi connectivity index (χ2n) is 7.27. The van der Waals surface area contributed by atoms with Gasteiger partial charge in [-0.05, 0) is 36.8 Å². The van der Waals surface area contributed by atoms with E-state index in [1.807, 2.05) is 0 Å². The summed E-state index contributed by atoms with van der Waals surface area (Å²) in [5, 5.41) is 0. The van der Waals surface area contributed by atoms with Crippen LogP contribution in [-0.2, 0) is 9.47 Å². The van der Waals surface area contributed by atoms with E-state index >= 15 is 0 Å². The van der Waals surface area contributed by atoms with Crippen LogP contribution in [0.2, 0.25) is 0 Å². The van der Waals surface area contributed by atoms with Gasteiger partial charge in [0.05, 0.1) is 13.2 Å². The lowest BCUT2D eigenvalue weighted by Crippen LogP contribution is -2.34. The van der Waals surface area contributed by atoms with Crippen molar-refractivity contribution in [1.82, 2.24) is 0 Å². The molecule has 3 nitrogen and oxygen atoms in total. The number of alkyl halides is 1. The van der Waals surface area contributed by atoms with Crippen molar-refractivity contribution in [3.8, 4) is 5.75 Å². The Morgan fingerprint density at radius 1 is 1.08 bits per heavy atom. The van der Waals surface area contributed by atoms with E-state index in [1.165, 1.54) is 50.7 Å². The molecule has 3 rings (SSSR count). The highest BCUT2D eigenvalue weighted by Crippen LogP contribution is 2.38. The molecule has 25 heavy (non-hydrogen) atoms. The highest BCUT2D eigenvalue weighted by Gasteiger charge is 2.32. The molecule has 0 bridgehead atoms. The molecule has 0 amide bonds. The Morgan fingerprint density at radius 3 is 2.40 bits per heavy atom. The fourth-order valence-corrected chi connectivity index (χ4v) is 4.18. The first kappa shape index (κ1) is 18.6. The zero-order chi connectivity index (χ0) is 17.6. The molecule has 0 N–H and O–H groups in total. The van der Waals surface area contributed by atoms with E-state index in [1.54, 1.807) is 6.07 Å². The summed E-state index contributed by atoms with van der Waals surface area (Å²) >= 11 is 0. The Kier molecular flexibility index (Phi) is 6.65. The topological polar surface area (TPSA) is 27.7 Å². The third-order valence-electron chi connectivity index (χ3n) is 5.62. The smallest absolute Gasteiger partial charge is 0.228 e. The first-order valence-electron chi connectivity index (χ1n) is 9.42. The van der Waals surface area contributed by atoms with Crippen molar-refractivity contribution < 1.29 is 23.0 Å². The third kappa shape index (κ3) is 4.70. The minimum Gasteiger partial charge on any atom is -0.460 e. The van der Waals surface area contributed by atoms with E-state index in [4.69, 9.17) is 9.47 Å². The molecule has 1 saturated heterocycles. The number of rotatable bonds is 6. The fourth-order valence-electron chi connectivity index (χ4n) is 4.18. The van der Waals surface area contributed by atoms with E-state index in [-0.39, 0.29) is 5.75 Å². The molecular weight excluding hydrogens is 326 g/mol. The Bertz CT molecular complexity index is 536. The van der Waals surface area contributed by atoms with E-state index in [9.17, 15) is 8.78 Å². The molecule has 0 radical (unpaired) electrons. The SMILES string of the molecule is CCCC1CCC(C2COC(c3ccc(OCF)c(F)c3)OC2)CC1. The summed E-state index contributed by atoms with van der Waals surface area (Å²) in [7, 11) is 0. The largest absolute Gasteiger partial charge is 0.460 e. The average molecular weight is 354 g/mol. The standard InChI is InChI=1S/C20H28F2O3/c1-2-3-14-4-6-15(7-5-14)17-11-23-20(24-12-17)16-8-9-19(25-13-21)18(22)10-16/h8-10,14-15,17,20H,2-7,11-13H2,1H3. The summed E-state index contributed by atoms with van der Waals surface area (Å²) in [4.78, 5) is 0. The second kappa shape index (κ2) is 8.95. The van der Waals surface area contributed by atoms with Crippen LogP contribution in [0.3, 0.4) is 0 Å². The molecule has 0 atom stereocenters. The quantitative estimate of drug-likeness (QED) is 0.684. The molecule has 1 aliphatic carbocycles. The minimum absolute atomic E-state index is 0.0937. The van der Waals surface area contributed by atoms with Crippen molar-refractivity contribution in [3.63, 3.8) is 0 Å². The Balaban J connectivity index is 1.50. The molecule has 0 unspecified atom stereocenters. The van der Waals surface area contributed by atoms with Gasteiger partial charge in [0.25, 0.3) is 0 Å². The summed E-state index contributed by atoms with van der Waals surface area (Å²) in [5.74, 6) is 1.30. The lowest BCUT2D eigenvalue weighted by molar-refractivity contribution is -0.214. The molecule has 0 spiro atoms. The molecule has 5 heteroatoms. The zero-order valence-electron chi connectivity index (χ0n) is 14.9. The third-order valence-corrected chi connectivity index (χ3v) is 5.62. The normalized spacial score (nSPS) is 30.2. The summed E-state index contributed by atoms with van der Waals surface area (Å²) in [6.45, 7) is 2.51. The number of hydrogen-bond donors (Lipinski definition) is 0. The molecule has 140 valence electrons. The van der Waals surface area contributed by atoms with Crippen molar-refractivity contribution in [1.29, 1.82) is 0 Å². The minimum atomic E-state index is -1.05. The van der Waals surface area contributed by atoms with Gasteiger partial charge in [-0.1, -0.05) is 38.7 Å². The van der Waals surface area contributed by atoms with Crippen molar-refractivity contribution in [2.24, 2.45) is 17.8 Å². The van der Waals surface area contributed by atoms with E-state index in [0.717, 1.165) is 5.92 Å². The Hall–Kier alpha value is -1.20. The van der Waals surface area contributed by atoms with Crippen LogP contribution in [0.1, 0.15) is 57.3 Å². The van der Waals surface area contributed by atoms with Gasteiger partial charge >= 0.3 is 0 Å². The summed E-state index contributed by atoms with van der Waals surface area (Å²) in [6, 6.07) is 4.37. The first-order chi connectivity index (χ1) is 12.2. The number of hydrogen-bond acceptors (Lipinski definition) is 3. The molecule has 1 aliphatic heterocycles. The zero-order valence-corrected chi connectivity index (χ0v) is 14.9. The van der Waals surface area contributed by atoms with Crippen LogP contribution in [0.5, 0.6) is 5.75 Å². The maximum atomic E-state index is 13.9. The maximum absolute atomic E-state index is 13.9. The van der Waals surface area contributed by atoms with Gasteiger partial charge in [-0.2, -0.15) is 0 Å². The van der Waals surface area contributed by atoms with Gasteiger partial charge in [-0.3, -0.25) is 0 Å². The van der Waals surface area contributed by atoms with Crippen LogP contribution < -0.4 is 4.74 Å². The van der Waals surface area contributed by atoms with E-state index < -0.39 is 19.0 Å². The predicted molar refractivity (Wildman–Crippen MR) is 91.5 cm³/mol. The highest BCUT2D eigenvalue weighted by atomic mass is 19.1. The van der Waals surface area contributed by atoms with Crippen LogP contribution >= 0.6 is 0 Å². The van der Waals surface area contributed by atoms with Crippen molar-refractivity contribution >= 4 is 0 Å². The molecule has 1 aromatic rings. The van der Waals surface area contributed by atoms with Crippen LogP contribution in [0, 0.1) is 23.6 Å². The Morgan fingerprint density at radius 2 is 1.80 bits per heavy atom. The molecule has 0 aromatic heterocycles. The van der Waals surface area contributed by atoms with Gasteiger partial charge in [0.15, 0.2) is 17.9 Å². The first-order valence-corrected chi connectivity index (χ1v) is 9.42. The number of benzene rings is 1. The second-order valence-corrected chi connectivity index (χ2v) is 7.27. The number of halogens is 2. The van der Waals surface area contributed by atoms with Gasteiger partial charge in [-0.15, -0.1) is 0 Å². The lowest BCUT2D eigenvalue weighted by atomic mass is 9.75. The maximum Gasteiger partial charge on any atom is 0.228 e. The van der Waals surface area contributed by atoms with E-state index in [0.29, 0.717) is 30.6 Å². The summed E-state index contributed by atoms with van der Waals surface area (Å²) in [6.07, 6.45) is 7.23. The lowest BCUT2D eigenvalue weighted by Gasteiger charge is -2.37. The Labute approximate surface area is 148 Å². The summed E-state index contributed by atoms with van der Waals surface area (Å²) in [5.41, 5.74) is 0.605. The van der Waals surface area contributed by atoms with E-state index in [2.05, 4.69) is 11.7 Å². The van der Waals surface area contributed by atoms with Crippen LogP contribution in [-0.4, -0.2) is 20.1 Å². The van der Waals surface area contributed by atoms with Crippen LogP contribution in [0.4, 0.5) is 8.78 Å². The molecule has 2 aliphatic rings.